The second-order valence-corrected chi connectivity index (χ2v) is 9.58. The van der Waals surface area contributed by atoms with Crippen LogP contribution in [0.3, 0.4) is 0 Å². The third kappa shape index (κ3) is 3.32. The van der Waals surface area contributed by atoms with E-state index in [0.29, 0.717) is 24.5 Å². The number of hydrogen-bond donors (Lipinski definition) is 1. The number of fused-ring (bicyclic) bond motifs is 3. The third-order valence-corrected chi connectivity index (χ3v) is 7.43. The lowest BCUT2D eigenvalue weighted by Crippen LogP contribution is -2.27. The molecule has 1 aliphatic heterocycles. The molecule has 1 saturated heterocycles. The van der Waals surface area contributed by atoms with Gasteiger partial charge in [0.15, 0.2) is 5.65 Å². The summed E-state index contributed by atoms with van der Waals surface area (Å²) in [5.74, 6) is 0.784. The van der Waals surface area contributed by atoms with Gasteiger partial charge in [-0.15, -0.1) is 0 Å². The second kappa shape index (κ2) is 7.37. The molecule has 3 heterocycles. The smallest absolute Gasteiger partial charge is 0.243 e. The van der Waals surface area contributed by atoms with Crippen LogP contribution in [0.2, 0.25) is 0 Å². The Morgan fingerprint density at radius 1 is 1.03 bits per heavy atom. The number of nitrogens with one attached hydrogen (secondary N) is 1. The van der Waals surface area contributed by atoms with Crippen LogP contribution in [0.15, 0.2) is 59.5 Å². The molecule has 1 aliphatic rings. The van der Waals surface area contributed by atoms with Crippen molar-refractivity contribution in [2.75, 3.05) is 18.4 Å². The average Bonchev–Trinajstić information content (AvgIpc) is 3.42. The highest BCUT2D eigenvalue weighted by Crippen LogP contribution is 2.25. The summed E-state index contributed by atoms with van der Waals surface area (Å²) in [7, 11) is -3.38. The molecule has 0 amide bonds. The Hall–Kier alpha value is -2.97. The molecular formula is C22H23N5O2S. The van der Waals surface area contributed by atoms with Gasteiger partial charge in [0.2, 0.25) is 10.0 Å². The minimum atomic E-state index is -3.38. The lowest BCUT2D eigenvalue weighted by atomic mass is 10.2. The van der Waals surface area contributed by atoms with Gasteiger partial charge in [-0.3, -0.25) is 0 Å². The van der Waals surface area contributed by atoms with E-state index < -0.39 is 10.0 Å². The third-order valence-electron chi connectivity index (χ3n) is 5.51. The van der Waals surface area contributed by atoms with Crippen LogP contribution in [0.1, 0.15) is 24.1 Å². The maximum atomic E-state index is 12.7. The van der Waals surface area contributed by atoms with Crippen LogP contribution < -0.4 is 5.32 Å². The summed E-state index contributed by atoms with van der Waals surface area (Å²) in [6.45, 7) is 3.72. The minimum absolute atomic E-state index is 0.355. The van der Waals surface area contributed by atoms with Crippen molar-refractivity contribution in [3.63, 3.8) is 0 Å². The molecule has 0 spiro atoms. The van der Waals surface area contributed by atoms with E-state index in [-0.39, 0.29) is 0 Å². The van der Waals surface area contributed by atoms with Crippen molar-refractivity contribution in [1.29, 1.82) is 0 Å². The van der Waals surface area contributed by atoms with E-state index in [0.717, 1.165) is 46.5 Å². The van der Waals surface area contributed by atoms with Crippen molar-refractivity contribution in [3.8, 4) is 0 Å². The van der Waals surface area contributed by atoms with E-state index in [2.05, 4.69) is 10.4 Å². The van der Waals surface area contributed by atoms with E-state index in [4.69, 9.17) is 4.98 Å². The van der Waals surface area contributed by atoms with Crippen molar-refractivity contribution in [1.82, 2.24) is 18.9 Å². The second-order valence-electron chi connectivity index (χ2n) is 7.64. The average molecular weight is 422 g/mol. The molecule has 0 unspecified atom stereocenters. The van der Waals surface area contributed by atoms with Crippen LogP contribution in [0, 0.1) is 6.92 Å². The Balaban J connectivity index is 1.40. The number of nitrogens with zero attached hydrogens (tertiary/aromatic N) is 4. The van der Waals surface area contributed by atoms with Crippen molar-refractivity contribution in [3.05, 3.63) is 65.9 Å². The van der Waals surface area contributed by atoms with Gasteiger partial charge < -0.3 is 5.32 Å². The Kier molecular flexibility index (Phi) is 4.67. The number of sulfonamides is 1. The number of hydrogen-bond acceptors (Lipinski definition) is 5. The molecule has 1 N–H and O–H groups in total. The lowest BCUT2D eigenvalue weighted by molar-refractivity contribution is 0.477. The fourth-order valence-electron chi connectivity index (χ4n) is 3.95. The molecule has 154 valence electrons. The zero-order valence-electron chi connectivity index (χ0n) is 16.7. The molecule has 8 heteroatoms. The predicted molar refractivity (Wildman–Crippen MR) is 117 cm³/mol. The van der Waals surface area contributed by atoms with Crippen LogP contribution >= 0.6 is 0 Å². The molecule has 1 fully saturated rings. The van der Waals surface area contributed by atoms with Gasteiger partial charge in [-0.25, -0.2) is 17.9 Å². The molecule has 0 atom stereocenters. The van der Waals surface area contributed by atoms with Gasteiger partial charge in [0.05, 0.1) is 16.1 Å². The number of rotatable bonds is 5. The minimum Gasteiger partial charge on any atom is -0.365 e. The normalized spacial score (nSPS) is 15.2. The maximum absolute atomic E-state index is 12.7. The maximum Gasteiger partial charge on any atom is 0.243 e. The first-order chi connectivity index (χ1) is 14.5. The van der Waals surface area contributed by atoms with E-state index >= 15 is 0 Å². The van der Waals surface area contributed by atoms with Crippen molar-refractivity contribution >= 4 is 32.4 Å². The van der Waals surface area contributed by atoms with Crippen molar-refractivity contribution in [2.45, 2.75) is 31.2 Å². The summed E-state index contributed by atoms with van der Waals surface area (Å²) < 4.78 is 28.8. The molecule has 2 aromatic carbocycles. The monoisotopic (exact) mass is 421 g/mol. The molecule has 0 radical (unpaired) electrons. The fraction of sp³-hybridized carbons (Fsp3) is 0.273. The molecule has 4 aromatic rings. The van der Waals surface area contributed by atoms with E-state index in [9.17, 15) is 8.42 Å². The fourth-order valence-corrected chi connectivity index (χ4v) is 5.47. The van der Waals surface area contributed by atoms with Crippen LogP contribution in [0.5, 0.6) is 0 Å². The van der Waals surface area contributed by atoms with Crippen LogP contribution in [0.4, 0.5) is 5.82 Å². The Morgan fingerprint density at radius 3 is 2.53 bits per heavy atom. The molecule has 30 heavy (non-hydrogen) atoms. The molecule has 0 bridgehead atoms. The quantitative estimate of drug-likeness (QED) is 0.533. The summed E-state index contributed by atoms with van der Waals surface area (Å²) in [6.07, 6.45) is 1.87. The van der Waals surface area contributed by atoms with Crippen LogP contribution in [-0.2, 0) is 16.6 Å². The van der Waals surface area contributed by atoms with Gasteiger partial charge in [0.25, 0.3) is 0 Å². The van der Waals surface area contributed by atoms with Gasteiger partial charge in [0.1, 0.15) is 5.82 Å². The zero-order chi connectivity index (χ0) is 20.7. The Bertz CT molecular complexity index is 1320. The van der Waals surface area contributed by atoms with Gasteiger partial charge in [-0.1, -0.05) is 24.3 Å². The summed E-state index contributed by atoms with van der Waals surface area (Å²) in [5, 5.41) is 8.93. The standard InChI is InChI=1S/C22H23N5O2S/c1-16-14-21-24-22(19-6-2-3-7-20(19)27(21)25-16)23-15-17-8-10-18(11-9-17)30(28,29)26-12-4-5-13-26/h2-3,6-11,14H,4-5,12-13,15H2,1H3,(H,23,24). The summed E-state index contributed by atoms with van der Waals surface area (Å²) in [5.41, 5.74) is 3.69. The first-order valence-electron chi connectivity index (χ1n) is 10.1. The number of aromatic nitrogens is 3. The van der Waals surface area contributed by atoms with Crippen LogP contribution in [0.25, 0.3) is 16.6 Å². The number of anilines is 1. The Labute approximate surface area is 175 Å². The number of para-hydroxylation sites is 1. The summed E-state index contributed by atoms with van der Waals surface area (Å²) >= 11 is 0. The van der Waals surface area contributed by atoms with Crippen LogP contribution in [-0.4, -0.2) is 40.4 Å². The summed E-state index contributed by atoms with van der Waals surface area (Å²) in [6, 6.07) is 17.1. The predicted octanol–water partition coefficient (Wildman–Crippen LogP) is 3.59. The number of benzene rings is 2. The SMILES string of the molecule is Cc1cc2nc(NCc3ccc(S(=O)(=O)N4CCCC4)cc3)c3ccccc3n2n1. The zero-order valence-corrected chi connectivity index (χ0v) is 17.6. The van der Waals surface area contributed by atoms with E-state index in [1.807, 2.05) is 53.9 Å². The van der Waals surface area contributed by atoms with Crippen molar-refractivity contribution in [2.24, 2.45) is 0 Å². The van der Waals surface area contributed by atoms with Gasteiger partial charge in [-0.2, -0.15) is 9.40 Å². The topological polar surface area (TPSA) is 79.6 Å². The first kappa shape index (κ1) is 19.0. The van der Waals surface area contributed by atoms with E-state index in [1.165, 1.54) is 0 Å². The molecule has 7 nitrogen and oxygen atoms in total. The van der Waals surface area contributed by atoms with Gasteiger partial charge in [0, 0.05) is 31.1 Å². The molecular weight excluding hydrogens is 398 g/mol. The highest BCUT2D eigenvalue weighted by molar-refractivity contribution is 7.89. The van der Waals surface area contributed by atoms with Crippen molar-refractivity contribution < 1.29 is 8.42 Å². The lowest BCUT2D eigenvalue weighted by Gasteiger charge is -2.16. The summed E-state index contributed by atoms with van der Waals surface area (Å²) in [4.78, 5) is 5.09. The number of aryl methyl sites for hydroxylation is 1. The largest absolute Gasteiger partial charge is 0.365 e. The first-order valence-corrected chi connectivity index (χ1v) is 11.5. The van der Waals surface area contributed by atoms with Gasteiger partial charge in [-0.05, 0) is 49.6 Å². The van der Waals surface area contributed by atoms with E-state index in [1.54, 1.807) is 16.4 Å². The molecule has 0 aliphatic carbocycles. The molecule has 5 rings (SSSR count). The van der Waals surface area contributed by atoms with Gasteiger partial charge >= 0.3 is 0 Å². The highest BCUT2D eigenvalue weighted by atomic mass is 32.2. The molecule has 2 aromatic heterocycles. The highest BCUT2D eigenvalue weighted by Gasteiger charge is 2.26. The Morgan fingerprint density at radius 2 is 1.77 bits per heavy atom. The molecule has 0 saturated carbocycles.